The fraction of sp³-hybridized carbons (Fsp3) is 0.300. The molecule has 158 valence electrons. The summed E-state index contributed by atoms with van der Waals surface area (Å²) in [6, 6.07) is 11.5. The Labute approximate surface area is 178 Å². The van der Waals surface area contributed by atoms with Crippen LogP contribution in [0.5, 0.6) is 0 Å². The molecule has 2 aromatic heterocycles. The number of nitro groups is 1. The normalized spacial score (nSPS) is 14.8. The zero-order valence-corrected chi connectivity index (χ0v) is 17.8. The van der Waals surface area contributed by atoms with Crippen LogP contribution in [0.15, 0.2) is 63.4 Å². The fourth-order valence-electron chi connectivity index (χ4n) is 3.56. The van der Waals surface area contributed by atoms with Gasteiger partial charge in [0.25, 0.3) is 5.69 Å². The topological polar surface area (TPSA) is 96.9 Å². The Morgan fingerprint density at radius 1 is 1.13 bits per heavy atom. The van der Waals surface area contributed by atoms with E-state index in [1.807, 2.05) is 28.5 Å². The molecule has 1 aromatic carbocycles. The Hall–Kier alpha value is -2.69. The van der Waals surface area contributed by atoms with E-state index in [2.05, 4.69) is 0 Å². The van der Waals surface area contributed by atoms with Crippen molar-refractivity contribution < 1.29 is 17.8 Å². The molecule has 0 radical (unpaired) electrons. The van der Waals surface area contributed by atoms with Gasteiger partial charge in [0.05, 0.1) is 30.0 Å². The Morgan fingerprint density at radius 2 is 1.93 bits per heavy atom. The third-order valence-electron chi connectivity index (χ3n) is 5.03. The van der Waals surface area contributed by atoms with Crippen molar-refractivity contribution in [1.82, 2.24) is 4.31 Å². The molecule has 1 saturated heterocycles. The molecule has 0 aliphatic carbocycles. The molecular formula is C20H21N3O5S2. The molecule has 1 aliphatic heterocycles. The van der Waals surface area contributed by atoms with Crippen molar-refractivity contribution >= 4 is 32.7 Å². The highest BCUT2D eigenvalue weighted by Gasteiger charge is 2.32. The highest BCUT2D eigenvalue weighted by molar-refractivity contribution is 7.89. The van der Waals surface area contributed by atoms with Gasteiger partial charge in [-0.15, -0.1) is 11.3 Å². The Kier molecular flexibility index (Phi) is 5.89. The standard InChI is InChI=1S/C20H21N3O5S2/c24-23(25)16-7-8-19(20(13-16)30(26,27)22-9-1-2-10-22)21(14-17-5-3-11-28-17)15-18-6-4-12-29-18/h3-8,11-13H,1-2,9-10,14-15H2. The lowest BCUT2D eigenvalue weighted by Crippen LogP contribution is -2.31. The first kappa shape index (κ1) is 20.6. The van der Waals surface area contributed by atoms with E-state index in [0.717, 1.165) is 17.7 Å². The molecule has 0 unspecified atom stereocenters. The van der Waals surface area contributed by atoms with Gasteiger partial charge in [0.1, 0.15) is 10.7 Å². The van der Waals surface area contributed by atoms with Crippen molar-refractivity contribution in [2.24, 2.45) is 0 Å². The maximum absolute atomic E-state index is 13.4. The highest BCUT2D eigenvalue weighted by atomic mass is 32.2. The minimum Gasteiger partial charge on any atom is -0.467 e. The van der Waals surface area contributed by atoms with Crippen LogP contribution >= 0.6 is 11.3 Å². The van der Waals surface area contributed by atoms with Gasteiger partial charge >= 0.3 is 0 Å². The number of furan rings is 1. The van der Waals surface area contributed by atoms with Gasteiger partial charge in [-0.1, -0.05) is 6.07 Å². The predicted octanol–water partition coefficient (Wildman–Crippen LogP) is 4.24. The van der Waals surface area contributed by atoms with E-state index < -0.39 is 14.9 Å². The Balaban J connectivity index is 1.81. The number of anilines is 1. The maximum Gasteiger partial charge on any atom is 0.270 e. The third-order valence-corrected chi connectivity index (χ3v) is 7.82. The molecule has 30 heavy (non-hydrogen) atoms. The summed E-state index contributed by atoms with van der Waals surface area (Å²) in [5.74, 6) is 0.675. The monoisotopic (exact) mass is 447 g/mol. The van der Waals surface area contributed by atoms with Crippen LogP contribution in [0.3, 0.4) is 0 Å². The van der Waals surface area contributed by atoms with Crippen LogP contribution in [0.2, 0.25) is 0 Å². The lowest BCUT2D eigenvalue weighted by atomic mass is 10.2. The zero-order chi connectivity index (χ0) is 21.1. The first-order valence-corrected chi connectivity index (χ1v) is 11.9. The number of nitrogens with zero attached hydrogens (tertiary/aromatic N) is 3. The number of sulfonamides is 1. The van der Waals surface area contributed by atoms with E-state index in [4.69, 9.17) is 4.42 Å². The molecule has 8 nitrogen and oxygen atoms in total. The van der Waals surface area contributed by atoms with Gasteiger partial charge in [0.2, 0.25) is 10.0 Å². The van der Waals surface area contributed by atoms with E-state index in [-0.39, 0.29) is 10.6 Å². The summed E-state index contributed by atoms with van der Waals surface area (Å²) in [6.45, 7) is 1.64. The fourth-order valence-corrected chi connectivity index (χ4v) is 6.03. The average molecular weight is 448 g/mol. The van der Waals surface area contributed by atoms with Gasteiger partial charge < -0.3 is 9.32 Å². The number of thiophene rings is 1. The maximum atomic E-state index is 13.4. The summed E-state index contributed by atoms with van der Waals surface area (Å²) in [5, 5.41) is 13.3. The van der Waals surface area contributed by atoms with Crippen molar-refractivity contribution in [2.75, 3.05) is 18.0 Å². The second kappa shape index (κ2) is 8.58. The number of rotatable bonds is 8. The summed E-state index contributed by atoms with van der Waals surface area (Å²) in [7, 11) is -3.87. The van der Waals surface area contributed by atoms with Crippen molar-refractivity contribution in [1.29, 1.82) is 0 Å². The zero-order valence-electron chi connectivity index (χ0n) is 16.1. The van der Waals surface area contributed by atoms with Crippen LogP contribution in [-0.4, -0.2) is 30.7 Å². The van der Waals surface area contributed by atoms with E-state index >= 15 is 0 Å². The Morgan fingerprint density at radius 3 is 2.57 bits per heavy atom. The summed E-state index contributed by atoms with van der Waals surface area (Å²) in [6.07, 6.45) is 3.14. The molecule has 1 aliphatic rings. The van der Waals surface area contributed by atoms with E-state index in [0.29, 0.717) is 37.6 Å². The Bertz CT molecular complexity index is 1070. The minimum atomic E-state index is -3.87. The molecule has 10 heteroatoms. The van der Waals surface area contributed by atoms with Gasteiger partial charge in [-0.05, 0) is 42.5 Å². The second-order valence-electron chi connectivity index (χ2n) is 7.04. The van der Waals surface area contributed by atoms with Crippen molar-refractivity contribution in [3.05, 3.63) is 74.9 Å². The van der Waals surface area contributed by atoms with E-state index in [1.165, 1.54) is 22.5 Å². The summed E-state index contributed by atoms with van der Waals surface area (Å²) in [5.41, 5.74) is 0.183. The van der Waals surface area contributed by atoms with Crippen LogP contribution in [0.25, 0.3) is 0 Å². The average Bonchev–Trinajstić information content (AvgIpc) is 3.49. The number of benzene rings is 1. The lowest BCUT2D eigenvalue weighted by Gasteiger charge is -2.27. The molecule has 3 aromatic rings. The first-order valence-electron chi connectivity index (χ1n) is 9.53. The van der Waals surface area contributed by atoms with Crippen LogP contribution < -0.4 is 4.90 Å². The number of nitro benzene ring substituents is 1. The molecule has 0 amide bonds. The van der Waals surface area contributed by atoms with E-state index in [9.17, 15) is 18.5 Å². The molecule has 0 saturated carbocycles. The van der Waals surface area contributed by atoms with Gasteiger partial charge in [0.15, 0.2) is 0 Å². The molecule has 0 bridgehead atoms. The highest BCUT2D eigenvalue weighted by Crippen LogP contribution is 2.35. The molecule has 0 spiro atoms. The van der Waals surface area contributed by atoms with Crippen molar-refractivity contribution in [3.63, 3.8) is 0 Å². The molecular weight excluding hydrogens is 426 g/mol. The summed E-state index contributed by atoms with van der Waals surface area (Å²) >= 11 is 1.56. The smallest absolute Gasteiger partial charge is 0.270 e. The molecule has 4 rings (SSSR count). The van der Waals surface area contributed by atoms with Gasteiger partial charge in [-0.25, -0.2) is 8.42 Å². The minimum absolute atomic E-state index is 0.0401. The summed E-state index contributed by atoms with van der Waals surface area (Å²) in [4.78, 5) is 13.7. The molecule has 0 N–H and O–H groups in total. The van der Waals surface area contributed by atoms with Crippen LogP contribution in [0.1, 0.15) is 23.5 Å². The quantitative estimate of drug-likeness (QED) is 0.378. The molecule has 0 atom stereocenters. The number of hydrogen-bond donors (Lipinski definition) is 0. The first-order chi connectivity index (χ1) is 14.4. The van der Waals surface area contributed by atoms with E-state index in [1.54, 1.807) is 23.7 Å². The SMILES string of the molecule is O=[N+]([O-])c1ccc(N(Cc2ccco2)Cc2cccs2)c(S(=O)(=O)N2CCCC2)c1. The van der Waals surface area contributed by atoms with Gasteiger partial charge in [0, 0.05) is 30.1 Å². The van der Waals surface area contributed by atoms with Crippen LogP contribution in [0.4, 0.5) is 11.4 Å². The summed E-state index contributed by atoms with van der Waals surface area (Å²) < 4.78 is 33.7. The van der Waals surface area contributed by atoms with Gasteiger partial charge in [-0.3, -0.25) is 10.1 Å². The van der Waals surface area contributed by atoms with Crippen molar-refractivity contribution in [3.8, 4) is 0 Å². The third kappa shape index (κ3) is 4.25. The predicted molar refractivity (Wildman–Crippen MR) is 114 cm³/mol. The molecule has 1 fully saturated rings. The number of hydrogen-bond acceptors (Lipinski definition) is 7. The lowest BCUT2D eigenvalue weighted by molar-refractivity contribution is -0.385. The van der Waals surface area contributed by atoms with Crippen LogP contribution in [0, 0.1) is 10.1 Å². The van der Waals surface area contributed by atoms with Gasteiger partial charge in [-0.2, -0.15) is 4.31 Å². The van der Waals surface area contributed by atoms with Crippen LogP contribution in [-0.2, 0) is 23.1 Å². The second-order valence-corrected chi connectivity index (χ2v) is 9.97. The van der Waals surface area contributed by atoms with Crippen molar-refractivity contribution in [2.45, 2.75) is 30.8 Å². The number of non-ortho nitro benzene ring substituents is 1. The largest absolute Gasteiger partial charge is 0.467 e. The molecule has 3 heterocycles.